The molecular weight excluding hydrogens is 402 g/mol. The van der Waals surface area contributed by atoms with E-state index in [0.717, 1.165) is 10.5 Å². The van der Waals surface area contributed by atoms with Crippen LogP contribution in [0.15, 0.2) is 75.0 Å². The molecule has 0 amide bonds. The number of halogens is 1. The Morgan fingerprint density at radius 3 is 2.54 bits per heavy atom. The Balaban J connectivity index is 1.98. The maximum atomic E-state index is 12.1. The molecule has 0 bridgehead atoms. The van der Waals surface area contributed by atoms with Crippen LogP contribution in [-0.2, 0) is 4.79 Å². The Bertz CT molecular complexity index is 1050. The number of allylic oxidation sites excluding steroid dienone is 1. The van der Waals surface area contributed by atoms with Crippen LogP contribution >= 0.6 is 15.9 Å². The van der Waals surface area contributed by atoms with E-state index < -0.39 is 17.4 Å². The van der Waals surface area contributed by atoms with Crippen LogP contribution in [-0.4, -0.2) is 26.9 Å². The number of ketones is 1. The van der Waals surface area contributed by atoms with Gasteiger partial charge in [0.25, 0.3) is 0 Å². The number of benzene rings is 2. The smallest absolute Gasteiger partial charge is 0.356 e. The lowest BCUT2D eigenvalue weighted by Gasteiger charge is -1.97. The first-order valence-corrected chi connectivity index (χ1v) is 8.21. The molecule has 0 fully saturated rings. The van der Waals surface area contributed by atoms with Gasteiger partial charge < -0.3 is 15.2 Å². The van der Waals surface area contributed by atoms with Gasteiger partial charge in [-0.2, -0.15) is 0 Å². The summed E-state index contributed by atoms with van der Waals surface area (Å²) in [4.78, 5) is 26.2. The number of aromatic amines is 1. The van der Waals surface area contributed by atoms with Gasteiger partial charge in [-0.25, -0.2) is 4.79 Å². The highest BCUT2D eigenvalue weighted by atomic mass is 79.9. The van der Waals surface area contributed by atoms with Crippen molar-refractivity contribution in [1.82, 2.24) is 4.98 Å². The Morgan fingerprint density at radius 2 is 1.85 bits per heavy atom. The van der Waals surface area contributed by atoms with Crippen LogP contribution in [0.5, 0.6) is 5.88 Å². The third-order valence-electron chi connectivity index (χ3n) is 3.52. The number of nitrogens with zero attached hydrogens (tertiary/aromatic N) is 2. The van der Waals surface area contributed by atoms with E-state index in [-0.39, 0.29) is 11.6 Å². The molecule has 1 heterocycles. The fourth-order valence-electron chi connectivity index (χ4n) is 2.28. The van der Waals surface area contributed by atoms with Gasteiger partial charge in [0, 0.05) is 21.5 Å². The van der Waals surface area contributed by atoms with Gasteiger partial charge in [0.15, 0.2) is 17.2 Å². The maximum Gasteiger partial charge on any atom is 0.356 e. The van der Waals surface area contributed by atoms with E-state index >= 15 is 0 Å². The second kappa shape index (κ2) is 7.32. The summed E-state index contributed by atoms with van der Waals surface area (Å²) in [5.41, 5.74) is 0.490. The topological polar surface area (TPSA) is 115 Å². The molecule has 0 saturated heterocycles. The summed E-state index contributed by atoms with van der Waals surface area (Å²) in [5, 5.41) is 27.3. The summed E-state index contributed by atoms with van der Waals surface area (Å²) in [6.45, 7) is 0. The Hall–Kier alpha value is -3.26. The molecule has 26 heavy (non-hydrogen) atoms. The summed E-state index contributed by atoms with van der Waals surface area (Å²) < 4.78 is 0.758. The van der Waals surface area contributed by atoms with Crippen molar-refractivity contribution in [3.05, 3.63) is 70.3 Å². The van der Waals surface area contributed by atoms with Crippen molar-refractivity contribution < 1.29 is 19.8 Å². The molecule has 0 aliphatic rings. The van der Waals surface area contributed by atoms with Gasteiger partial charge in [-0.1, -0.05) is 46.3 Å². The van der Waals surface area contributed by atoms with Crippen molar-refractivity contribution in [3.63, 3.8) is 0 Å². The van der Waals surface area contributed by atoms with Gasteiger partial charge in [-0.05, 0) is 18.2 Å². The molecule has 3 N–H and O–H groups in total. The Labute approximate surface area is 155 Å². The van der Waals surface area contributed by atoms with Crippen molar-refractivity contribution >= 4 is 44.3 Å². The number of aliphatic carboxylic acids is 1. The van der Waals surface area contributed by atoms with Crippen LogP contribution in [0.3, 0.4) is 0 Å². The monoisotopic (exact) mass is 413 g/mol. The highest BCUT2D eigenvalue weighted by Crippen LogP contribution is 2.37. The summed E-state index contributed by atoms with van der Waals surface area (Å²) in [6.07, 6.45) is 0.892. The first-order valence-electron chi connectivity index (χ1n) is 7.42. The van der Waals surface area contributed by atoms with E-state index in [2.05, 4.69) is 31.1 Å². The summed E-state index contributed by atoms with van der Waals surface area (Å²) >= 11 is 3.32. The lowest BCUT2D eigenvalue weighted by molar-refractivity contribution is -0.132. The molecule has 0 spiro atoms. The highest BCUT2D eigenvalue weighted by molar-refractivity contribution is 9.10. The highest BCUT2D eigenvalue weighted by Gasteiger charge is 2.14. The molecule has 0 radical (unpaired) electrons. The maximum absolute atomic E-state index is 12.1. The van der Waals surface area contributed by atoms with Crippen LogP contribution in [0, 0.1) is 0 Å². The van der Waals surface area contributed by atoms with Crippen LogP contribution in [0.4, 0.5) is 5.69 Å². The van der Waals surface area contributed by atoms with Crippen LogP contribution in [0.2, 0.25) is 0 Å². The van der Waals surface area contributed by atoms with Gasteiger partial charge in [-0.3, -0.25) is 4.79 Å². The molecule has 3 aromatic rings. The summed E-state index contributed by atoms with van der Waals surface area (Å²) in [7, 11) is 0. The van der Waals surface area contributed by atoms with E-state index in [1.807, 2.05) is 0 Å². The van der Waals surface area contributed by atoms with Gasteiger partial charge in [0.1, 0.15) is 0 Å². The lowest BCUT2D eigenvalue weighted by Crippen LogP contribution is -2.02. The number of carboxylic acids is 1. The normalized spacial score (nSPS) is 12.0. The molecule has 0 aliphatic carbocycles. The number of fused-ring (bicyclic) bond motifs is 1. The number of nitrogens with one attached hydrogen (secondary N) is 1. The molecule has 0 atom stereocenters. The average molecular weight is 414 g/mol. The van der Waals surface area contributed by atoms with E-state index in [1.165, 1.54) is 0 Å². The number of hydrogen-bond donors (Lipinski definition) is 3. The van der Waals surface area contributed by atoms with Crippen molar-refractivity contribution in [1.29, 1.82) is 0 Å². The minimum Gasteiger partial charge on any atom is -0.493 e. The number of carboxylic acid groups (broad SMARTS) is 1. The predicted molar refractivity (Wildman–Crippen MR) is 98.7 cm³/mol. The van der Waals surface area contributed by atoms with Gasteiger partial charge in [0.2, 0.25) is 5.88 Å². The predicted octanol–water partition coefficient (Wildman–Crippen LogP) is 4.57. The zero-order valence-corrected chi connectivity index (χ0v) is 14.8. The van der Waals surface area contributed by atoms with Crippen LogP contribution in [0.1, 0.15) is 10.4 Å². The Morgan fingerprint density at radius 1 is 1.12 bits per heavy atom. The fourth-order valence-corrected chi connectivity index (χ4v) is 2.65. The largest absolute Gasteiger partial charge is 0.493 e. The quantitative estimate of drug-likeness (QED) is 0.322. The number of azo groups is 1. The third-order valence-corrected chi connectivity index (χ3v) is 4.01. The van der Waals surface area contributed by atoms with Crippen LogP contribution < -0.4 is 0 Å². The second-order valence-electron chi connectivity index (χ2n) is 5.28. The van der Waals surface area contributed by atoms with Gasteiger partial charge in [0.05, 0.1) is 5.52 Å². The van der Waals surface area contributed by atoms with Crippen molar-refractivity contribution in [2.75, 3.05) is 0 Å². The van der Waals surface area contributed by atoms with E-state index in [4.69, 9.17) is 0 Å². The first-order chi connectivity index (χ1) is 12.5. The first kappa shape index (κ1) is 17.6. The second-order valence-corrected chi connectivity index (χ2v) is 6.19. The van der Waals surface area contributed by atoms with Gasteiger partial charge in [-0.15, -0.1) is 10.2 Å². The SMILES string of the molecule is O=C(O)/C(=C/C(=O)c1ccccc1)N=Nc1c(O)[nH]c2ccc(Br)cc12. The Kier molecular flexibility index (Phi) is 4.94. The number of rotatable bonds is 5. The molecule has 0 unspecified atom stereocenters. The minimum absolute atomic E-state index is 0.0839. The molecule has 8 heteroatoms. The minimum atomic E-state index is -1.40. The molecule has 1 aromatic heterocycles. The number of aromatic nitrogens is 1. The molecular formula is C18H12BrN3O4. The number of carbonyl (C=O) groups is 2. The average Bonchev–Trinajstić information content (AvgIpc) is 2.93. The molecule has 2 aromatic carbocycles. The molecule has 3 rings (SSSR count). The fraction of sp³-hybridized carbons (Fsp3) is 0. The summed E-state index contributed by atoms with van der Waals surface area (Å²) in [5.74, 6) is -2.16. The van der Waals surface area contributed by atoms with E-state index in [9.17, 15) is 19.8 Å². The standard InChI is InChI=1S/C18H12BrN3O4/c19-11-6-7-13-12(8-11)16(17(24)20-13)22-21-14(18(25)26)9-15(23)10-4-2-1-3-5-10/h1-9,20,24H,(H,25,26)/b14-9-,22-21?. The zero-order valence-electron chi connectivity index (χ0n) is 13.2. The molecule has 0 saturated carbocycles. The molecule has 130 valence electrons. The number of hydrogen-bond acceptors (Lipinski definition) is 5. The van der Waals surface area contributed by atoms with E-state index in [1.54, 1.807) is 48.5 Å². The summed E-state index contributed by atoms with van der Waals surface area (Å²) in [6, 6.07) is 13.4. The van der Waals surface area contributed by atoms with Crippen LogP contribution in [0.25, 0.3) is 10.9 Å². The zero-order chi connectivity index (χ0) is 18.7. The van der Waals surface area contributed by atoms with Gasteiger partial charge >= 0.3 is 5.97 Å². The number of H-pyrrole nitrogens is 1. The number of aromatic hydroxyl groups is 1. The number of carbonyl (C=O) groups excluding carboxylic acids is 1. The molecule has 0 aliphatic heterocycles. The molecule has 7 nitrogen and oxygen atoms in total. The van der Waals surface area contributed by atoms with Crippen molar-refractivity contribution in [3.8, 4) is 5.88 Å². The van der Waals surface area contributed by atoms with Crippen molar-refractivity contribution in [2.45, 2.75) is 0 Å². The lowest BCUT2D eigenvalue weighted by atomic mass is 10.1. The van der Waals surface area contributed by atoms with Crippen molar-refractivity contribution in [2.24, 2.45) is 10.2 Å². The third kappa shape index (κ3) is 3.70. The van der Waals surface area contributed by atoms with E-state index in [0.29, 0.717) is 16.5 Å².